The van der Waals surface area contributed by atoms with Crippen LogP contribution >= 0.6 is 46.4 Å². The van der Waals surface area contributed by atoms with Crippen molar-refractivity contribution in [3.05, 3.63) is 51.1 Å². The number of carbonyl (C=O) groups is 1. The summed E-state index contributed by atoms with van der Waals surface area (Å²) in [6.07, 6.45) is 1.69. The molecule has 3 unspecified atom stereocenters. The van der Waals surface area contributed by atoms with E-state index in [2.05, 4.69) is 0 Å². The highest BCUT2D eigenvalue weighted by atomic mass is 35.5. The van der Waals surface area contributed by atoms with E-state index in [0.717, 1.165) is 6.26 Å². The lowest BCUT2D eigenvalue weighted by Gasteiger charge is -2.13. The highest BCUT2D eigenvalue weighted by Crippen LogP contribution is 2.60. The quantitative estimate of drug-likeness (QED) is 0.404. The number of nitrogens with zero attached hydrogens (tertiary/aromatic N) is 1. The molecule has 1 aromatic rings. The molecule has 26 heavy (non-hydrogen) atoms. The van der Waals surface area contributed by atoms with Gasteiger partial charge in [-0.05, 0) is 29.5 Å². The number of nitriles is 1. The molecule has 1 aliphatic rings. The van der Waals surface area contributed by atoms with Crippen molar-refractivity contribution < 1.29 is 14.3 Å². The molecule has 0 saturated heterocycles. The Bertz CT molecular complexity index is 790. The van der Waals surface area contributed by atoms with Crippen molar-refractivity contribution >= 4 is 52.4 Å². The van der Waals surface area contributed by atoms with E-state index in [1.165, 1.54) is 0 Å². The molecule has 0 radical (unpaired) electrons. The van der Waals surface area contributed by atoms with E-state index in [1.54, 1.807) is 30.3 Å². The van der Waals surface area contributed by atoms with E-state index in [-0.39, 0.29) is 20.3 Å². The maximum absolute atomic E-state index is 12.5. The molecule has 138 valence electrons. The monoisotopic (exact) mass is 433 g/mol. The number of ether oxygens (including phenoxy) is 2. The van der Waals surface area contributed by atoms with Crippen LogP contribution in [0.3, 0.4) is 0 Å². The van der Waals surface area contributed by atoms with Gasteiger partial charge < -0.3 is 9.47 Å². The van der Waals surface area contributed by atoms with Gasteiger partial charge in [-0.15, -0.1) is 0 Å². The minimum atomic E-state index is -1.07. The molecule has 3 atom stereocenters. The fraction of sp³-hybridized carbons (Fsp3) is 0.333. The zero-order valence-electron chi connectivity index (χ0n) is 13.9. The van der Waals surface area contributed by atoms with Crippen molar-refractivity contribution in [2.24, 2.45) is 17.3 Å². The van der Waals surface area contributed by atoms with Crippen LogP contribution in [0.15, 0.2) is 45.6 Å². The largest absolute Gasteiger partial charge is 0.462 e. The van der Waals surface area contributed by atoms with E-state index in [4.69, 9.17) is 55.9 Å². The molecular formula is C18H15Cl4NO3. The number of rotatable bonds is 6. The third-order valence-electron chi connectivity index (χ3n) is 4.27. The van der Waals surface area contributed by atoms with Gasteiger partial charge in [-0.1, -0.05) is 72.4 Å². The van der Waals surface area contributed by atoms with Gasteiger partial charge in [0.25, 0.3) is 0 Å². The summed E-state index contributed by atoms with van der Waals surface area (Å²) in [6, 6.07) is 8.52. The molecular weight excluding hydrogens is 420 g/mol. The summed E-state index contributed by atoms with van der Waals surface area (Å²) in [7, 11) is 0. The molecule has 2 rings (SSSR count). The van der Waals surface area contributed by atoms with Crippen LogP contribution in [0.4, 0.5) is 0 Å². The molecule has 0 aliphatic heterocycles. The Morgan fingerprint density at radius 2 is 1.96 bits per heavy atom. The van der Waals surface area contributed by atoms with Gasteiger partial charge in [0.2, 0.25) is 6.10 Å². The van der Waals surface area contributed by atoms with Crippen molar-refractivity contribution in [1.29, 1.82) is 5.26 Å². The Balaban J connectivity index is 2.12. The zero-order valence-corrected chi connectivity index (χ0v) is 16.9. The summed E-state index contributed by atoms with van der Waals surface area (Å²) in [4.78, 5) is 12.5. The van der Waals surface area contributed by atoms with E-state index >= 15 is 0 Å². The maximum Gasteiger partial charge on any atom is 0.311 e. The van der Waals surface area contributed by atoms with Gasteiger partial charge in [0, 0.05) is 5.56 Å². The minimum Gasteiger partial charge on any atom is -0.462 e. The smallest absolute Gasteiger partial charge is 0.311 e. The van der Waals surface area contributed by atoms with Crippen molar-refractivity contribution in [3.63, 3.8) is 0 Å². The number of hydrogen-bond acceptors (Lipinski definition) is 4. The van der Waals surface area contributed by atoms with Crippen LogP contribution in [0.5, 0.6) is 5.75 Å². The third kappa shape index (κ3) is 5.08. The first-order chi connectivity index (χ1) is 12.2. The molecule has 1 aliphatic carbocycles. The van der Waals surface area contributed by atoms with E-state index < -0.39 is 18.0 Å². The van der Waals surface area contributed by atoms with Crippen LogP contribution in [-0.2, 0) is 9.53 Å². The Morgan fingerprint density at radius 1 is 1.27 bits per heavy atom. The van der Waals surface area contributed by atoms with Gasteiger partial charge in [-0.3, -0.25) is 4.79 Å². The van der Waals surface area contributed by atoms with E-state index in [0.29, 0.717) is 11.3 Å². The molecule has 0 aromatic heterocycles. The lowest BCUT2D eigenvalue weighted by molar-refractivity contribution is -0.149. The summed E-state index contributed by atoms with van der Waals surface area (Å²) in [5.41, 5.74) is 0.136. The van der Waals surface area contributed by atoms with Crippen molar-refractivity contribution in [3.8, 4) is 11.8 Å². The fourth-order valence-electron chi connectivity index (χ4n) is 2.80. The summed E-state index contributed by atoms with van der Waals surface area (Å²) in [5.74, 6) is -0.625. The minimum absolute atomic E-state index is 0.0494. The average molecular weight is 435 g/mol. The maximum atomic E-state index is 12.5. The molecule has 4 nitrogen and oxygen atoms in total. The van der Waals surface area contributed by atoms with Crippen LogP contribution in [-0.4, -0.2) is 5.97 Å². The second-order valence-corrected chi connectivity index (χ2v) is 8.34. The molecule has 1 fully saturated rings. The Kier molecular flexibility index (Phi) is 6.87. The number of halogens is 4. The van der Waals surface area contributed by atoms with Gasteiger partial charge in [0.15, 0.2) is 0 Å². The van der Waals surface area contributed by atoms with Crippen molar-refractivity contribution in [2.45, 2.75) is 20.0 Å². The summed E-state index contributed by atoms with van der Waals surface area (Å²) < 4.78 is 10.7. The number of allylic oxidation sites excluding steroid dienone is 1. The predicted octanol–water partition coefficient (Wildman–Crippen LogP) is 6.04. The lowest BCUT2D eigenvalue weighted by Crippen LogP contribution is -2.14. The van der Waals surface area contributed by atoms with Crippen LogP contribution < -0.4 is 4.74 Å². The van der Waals surface area contributed by atoms with Crippen LogP contribution in [0, 0.1) is 28.6 Å². The first kappa shape index (κ1) is 20.9. The zero-order chi connectivity index (χ0) is 19.5. The third-order valence-corrected chi connectivity index (χ3v) is 4.70. The lowest BCUT2D eigenvalue weighted by atomic mass is 10.1. The van der Waals surface area contributed by atoms with Gasteiger partial charge in [0.05, 0.1) is 5.92 Å². The second kappa shape index (κ2) is 8.54. The van der Waals surface area contributed by atoms with Gasteiger partial charge in [-0.2, -0.15) is 5.26 Å². The van der Waals surface area contributed by atoms with Crippen LogP contribution in [0.25, 0.3) is 0 Å². The van der Waals surface area contributed by atoms with E-state index in [9.17, 15) is 10.1 Å². The van der Waals surface area contributed by atoms with E-state index in [1.807, 2.05) is 19.9 Å². The Hall–Kier alpha value is -1.38. The van der Waals surface area contributed by atoms with Crippen molar-refractivity contribution in [1.82, 2.24) is 0 Å². The first-order valence-corrected chi connectivity index (χ1v) is 9.08. The molecule has 0 amide bonds. The highest BCUT2D eigenvalue weighted by molar-refractivity contribution is 6.56. The molecule has 1 saturated carbocycles. The standard InChI is InChI=1S/C18H15Cl4NO3/c1-18(2)12(7-14(19)20)16(18)17(24)26-13(8-23)10-4-3-5-11(6-10)25-9-15(21)22/h3-7,9,12-13,16H,1-2H3. The predicted molar refractivity (Wildman–Crippen MR) is 102 cm³/mol. The highest BCUT2D eigenvalue weighted by Gasteiger charge is 2.62. The van der Waals surface area contributed by atoms with Gasteiger partial charge in [-0.25, -0.2) is 0 Å². The number of benzene rings is 1. The molecule has 1 aromatic carbocycles. The Morgan fingerprint density at radius 3 is 2.54 bits per heavy atom. The molecule has 0 spiro atoms. The Labute approximate surface area is 171 Å². The van der Waals surface area contributed by atoms with Gasteiger partial charge in [0.1, 0.15) is 27.1 Å². The molecule has 8 heteroatoms. The first-order valence-electron chi connectivity index (χ1n) is 7.57. The molecule has 0 bridgehead atoms. The molecule has 0 heterocycles. The summed E-state index contributed by atoms with van der Waals surface area (Å²) >= 11 is 22.4. The topological polar surface area (TPSA) is 59.3 Å². The number of carbonyl (C=O) groups excluding carboxylic acids is 1. The summed E-state index contributed by atoms with van der Waals surface area (Å²) in [6.45, 7) is 3.82. The number of esters is 1. The fourth-order valence-corrected chi connectivity index (χ4v) is 3.16. The summed E-state index contributed by atoms with van der Waals surface area (Å²) in [5, 5.41) is 9.40. The van der Waals surface area contributed by atoms with Crippen LogP contribution in [0.2, 0.25) is 0 Å². The van der Waals surface area contributed by atoms with Crippen LogP contribution in [0.1, 0.15) is 25.5 Å². The normalized spacial score (nSPS) is 21.0. The van der Waals surface area contributed by atoms with Gasteiger partial charge >= 0.3 is 5.97 Å². The van der Waals surface area contributed by atoms with Crippen molar-refractivity contribution in [2.75, 3.05) is 0 Å². The average Bonchev–Trinajstić information content (AvgIpc) is 3.10. The SMILES string of the molecule is CC1(C)C(C=C(Cl)Cl)C1C(=O)OC(C#N)c1cccc(OC=C(Cl)Cl)c1. The number of hydrogen-bond donors (Lipinski definition) is 0. The molecule has 0 N–H and O–H groups in total. The second-order valence-electron chi connectivity index (χ2n) is 6.32.